The number of ether oxygens (including phenoxy) is 1. The summed E-state index contributed by atoms with van der Waals surface area (Å²) in [6.07, 6.45) is 8.03. The van der Waals surface area contributed by atoms with E-state index in [4.69, 9.17) is 36.9 Å². The molecule has 0 spiro atoms. The molecule has 146 valence electrons. The molecule has 0 saturated carbocycles. The lowest BCUT2D eigenvalue weighted by atomic mass is 10.1. The van der Waals surface area contributed by atoms with Crippen molar-refractivity contribution in [3.8, 4) is 18.1 Å². The van der Waals surface area contributed by atoms with Crippen molar-refractivity contribution in [2.24, 2.45) is 0 Å². The highest BCUT2D eigenvalue weighted by molar-refractivity contribution is 7.71. The summed E-state index contributed by atoms with van der Waals surface area (Å²) in [7, 11) is -1.46. The van der Waals surface area contributed by atoms with Crippen molar-refractivity contribution in [2.75, 3.05) is 6.61 Å². The minimum atomic E-state index is -1.46. The molecular formula is C19H19N2O5PS. The maximum atomic E-state index is 11.7. The molecule has 0 bridgehead atoms. The molecule has 0 amide bonds. The highest BCUT2D eigenvalue weighted by Crippen LogP contribution is 2.48. The fourth-order valence-electron chi connectivity index (χ4n) is 3.20. The van der Waals surface area contributed by atoms with Gasteiger partial charge in [0.1, 0.15) is 17.5 Å². The number of H-pyrrole nitrogens is 1. The molecular weight excluding hydrogens is 399 g/mol. The standard InChI is InChI=1S/C19H19N2O5PS/c1-3-13-9-21(19(28)20-18(13)22)16-8-7-15(25-16)11-24-27-23-10-14-6-4-5-12(2)17(14)26-27/h1,4-6,9,15-16H,7-8,10-11H2,2H3,(H,20,22,28). The number of nitrogens with one attached hydrogen (secondary N) is 1. The number of benzene rings is 1. The number of terminal acetylenes is 1. The van der Waals surface area contributed by atoms with Crippen molar-refractivity contribution in [1.82, 2.24) is 9.55 Å². The summed E-state index contributed by atoms with van der Waals surface area (Å²) in [5, 5.41) is 0. The minimum absolute atomic E-state index is 0.124. The molecule has 1 fully saturated rings. The highest BCUT2D eigenvalue weighted by atomic mass is 32.1. The van der Waals surface area contributed by atoms with Gasteiger partial charge in [-0.3, -0.25) is 23.4 Å². The van der Waals surface area contributed by atoms with Crippen LogP contribution in [-0.2, 0) is 20.4 Å². The Bertz CT molecular complexity index is 1040. The van der Waals surface area contributed by atoms with Crippen molar-refractivity contribution in [3.63, 3.8) is 0 Å². The van der Waals surface area contributed by atoms with Gasteiger partial charge in [0, 0.05) is 11.8 Å². The number of nitrogens with zero attached hydrogens (tertiary/aromatic N) is 1. The Kier molecular flexibility index (Phi) is 5.63. The first-order valence-electron chi connectivity index (χ1n) is 8.85. The van der Waals surface area contributed by atoms with Crippen LogP contribution in [0.15, 0.2) is 29.2 Å². The summed E-state index contributed by atoms with van der Waals surface area (Å²) >= 11 is 5.23. The zero-order valence-corrected chi connectivity index (χ0v) is 16.9. The first-order valence-corrected chi connectivity index (χ1v) is 10.4. The fraction of sp³-hybridized carbons (Fsp3) is 0.368. The third-order valence-corrected chi connectivity index (χ3v) is 6.01. The SMILES string of the molecule is C#Cc1cn(C2CCC(COP3OCc4cccc(C)c4O3)O2)c(=S)[nH]c1=O. The minimum Gasteiger partial charge on any atom is -0.426 e. The predicted octanol–water partition coefficient (Wildman–Crippen LogP) is 3.73. The Morgan fingerprint density at radius 2 is 2.32 bits per heavy atom. The monoisotopic (exact) mass is 418 g/mol. The summed E-state index contributed by atoms with van der Waals surface area (Å²) in [4.78, 5) is 14.3. The van der Waals surface area contributed by atoms with Gasteiger partial charge in [0.25, 0.3) is 5.56 Å². The summed E-state index contributed by atoms with van der Waals surface area (Å²) in [6.45, 7) is 2.82. The number of fused-ring (bicyclic) bond motifs is 1. The summed E-state index contributed by atoms with van der Waals surface area (Å²) < 4.78 is 25.4. The Balaban J connectivity index is 1.36. The largest absolute Gasteiger partial charge is 0.426 e. The molecule has 1 aromatic carbocycles. The number of para-hydroxylation sites is 1. The van der Waals surface area contributed by atoms with E-state index < -0.39 is 8.60 Å². The van der Waals surface area contributed by atoms with Gasteiger partial charge in [0.15, 0.2) is 4.77 Å². The Morgan fingerprint density at radius 3 is 3.14 bits per heavy atom. The first-order chi connectivity index (χ1) is 13.5. The molecule has 2 aliphatic rings. The Hall–Kier alpha value is -2.01. The highest BCUT2D eigenvalue weighted by Gasteiger charge is 2.30. The van der Waals surface area contributed by atoms with Crippen LogP contribution in [0, 0.1) is 24.0 Å². The summed E-state index contributed by atoms with van der Waals surface area (Å²) in [6, 6.07) is 5.97. The van der Waals surface area contributed by atoms with Crippen molar-refractivity contribution in [2.45, 2.75) is 38.7 Å². The molecule has 0 radical (unpaired) electrons. The zero-order valence-electron chi connectivity index (χ0n) is 15.2. The van der Waals surface area contributed by atoms with Gasteiger partial charge in [0.05, 0.1) is 19.3 Å². The Morgan fingerprint density at radius 1 is 1.46 bits per heavy atom. The van der Waals surface area contributed by atoms with E-state index in [1.54, 1.807) is 10.8 Å². The predicted molar refractivity (Wildman–Crippen MR) is 106 cm³/mol. The van der Waals surface area contributed by atoms with Crippen LogP contribution in [0.5, 0.6) is 5.75 Å². The molecule has 9 heteroatoms. The molecule has 1 saturated heterocycles. The molecule has 2 aromatic rings. The van der Waals surface area contributed by atoms with Crippen molar-refractivity contribution < 1.29 is 18.3 Å². The number of rotatable bonds is 4. The molecule has 1 aromatic heterocycles. The maximum Gasteiger partial charge on any atom is 0.397 e. The van der Waals surface area contributed by atoms with E-state index in [0.717, 1.165) is 29.7 Å². The van der Waals surface area contributed by atoms with E-state index in [1.807, 2.05) is 25.1 Å². The van der Waals surface area contributed by atoms with E-state index in [0.29, 0.717) is 13.2 Å². The van der Waals surface area contributed by atoms with Gasteiger partial charge < -0.3 is 9.26 Å². The number of aromatic nitrogens is 2. The summed E-state index contributed by atoms with van der Waals surface area (Å²) in [5.41, 5.74) is 1.94. The van der Waals surface area contributed by atoms with Gasteiger partial charge in [0.2, 0.25) is 0 Å². The van der Waals surface area contributed by atoms with Crippen LogP contribution >= 0.6 is 20.8 Å². The lowest BCUT2D eigenvalue weighted by Crippen LogP contribution is -2.21. The van der Waals surface area contributed by atoms with Gasteiger partial charge in [-0.25, -0.2) is 0 Å². The van der Waals surface area contributed by atoms with E-state index in [9.17, 15) is 4.79 Å². The van der Waals surface area contributed by atoms with Crippen LogP contribution in [-0.4, -0.2) is 22.3 Å². The second-order valence-corrected chi connectivity index (χ2v) is 8.12. The lowest BCUT2D eigenvalue weighted by molar-refractivity contribution is -0.0220. The van der Waals surface area contributed by atoms with E-state index in [-0.39, 0.29) is 28.2 Å². The molecule has 3 heterocycles. The quantitative estimate of drug-likeness (QED) is 0.463. The zero-order chi connectivity index (χ0) is 19.7. The second kappa shape index (κ2) is 8.16. The third kappa shape index (κ3) is 3.90. The van der Waals surface area contributed by atoms with Crippen LogP contribution in [0.4, 0.5) is 0 Å². The number of aromatic amines is 1. The second-order valence-electron chi connectivity index (χ2n) is 6.59. The molecule has 3 unspecified atom stereocenters. The normalized spacial score (nSPS) is 23.6. The van der Waals surface area contributed by atoms with Crippen LogP contribution in [0.25, 0.3) is 0 Å². The van der Waals surface area contributed by atoms with E-state index in [2.05, 4.69) is 10.9 Å². The van der Waals surface area contributed by atoms with E-state index in [1.165, 1.54) is 0 Å². The van der Waals surface area contributed by atoms with Crippen molar-refractivity contribution >= 4 is 20.8 Å². The van der Waals surface area contributed by atoms with Gasteiger partial charge >= 0.3 is 8.60 Å². The van der Waals surface area contributed by atoms with Crippen LogP contribution in [0.1, 0.15) is 35.8 Å². The number of hydrogen-bond acceptors (Lipinski definition) is 6. The van der Waals surface area contributed by atoms with Crippen molar-refractivity contribution in [1.29, 1.82) is 0 Å². The Labute approximate surface area is 168 Å². The molecule has 0 aliphatic carbocycles. The average Bonchev–Trinajstić information content (AvgIpc) is 3.16. The average molecular weight is 418 g/mol. The summed E-state index contributed by atoms with van der Waals surface area (Å²) in [5.74, 6) is 3.20. The van der Waals surface area contributed by atoms with Crippen LogP contribution in [0.3, 0.4) is 0 Å². The lowest BCUT2D eigenvalue weighted by Gasteiger charge is -2.26. The van der Waals surface area contributed by atoms with E-state index >= 15 is 0 Å². The number of aryl methyl sites for hydroxylation is 1. The molecule has 2 aliphatic heterocycles. The molecule has 28 heavy (non-hydrogen) atoms. The van der Waals surface area contributed by atoms with Crippen LogP contribution < -0.4 is 10.1 Å². The maximum absolute atomic E-state index is 11.7. The van der Waals surface area contributed by atoms with Gasteiger partial charge in [-0.1, -0.05) is 24.1 Å². The van der Waals surface area contributed by atoms with Gasteiger partial charge in [-0.05, 0) is 37.5 Å². The van der Waals surface area contributed by atoms with Gasteiger partial charge in [-0.15, -0.1) is 6.42 Å². The third-order valence-electron chi connectivity index (χ3n) is 4.67. The first kappa shape index (κ1) is 19.3. The molecule has 7 nitrogen and oxygen atoms in total. The molecule has 4 rings (SSSR count). The molecule has 1 N–H and O–H groups in total. The van der Waals surface area contributed by atoms with Crippen LogP contribution in [0.2, 0.25) is 0 Å². The van der Waals surface area contributed by atoms with Crippen molar-refractivity contribution in [3.05, 3.63) is 56.2 Å². The van der Waals surface area contributed by atoms with Gasteiger partial charge in [-0.2, -0.15) is 0 Å². The fourth-order valence-corrected chi connectivity index (χ4v) is 4.59. The number of hydrogen-bond donors (Lipinski definition) is 1. The topological polar surface area (TPSA) is 74.7 Å². The smallest absolute Gasteiger partial charge is 0.397 e. The molecule has 3 atom stereocenters.